The van der Waals surface area contributed by atoms with Crippen molar-refractivity contribution >= 4 is 0 Å². The minimum Gasteiger partial charge on any atom is -0.381 e. The summed E-state index contributed by atoms with van der Waals surface area (Å²) in [7, 11) is 0. The molecule has 1 aromatic heterocycles. The van der Waals surface area contributed by atoms with E-state index in [9.17, 15) is 5.11 Å². The number of aryl methyl sites for hydroxylation is 1. The molecule has 2 unspecified atom stereocenters. The third-order valence-corrected chi connectivity index (χ3v) is 3.49. The average Bonchev–Trinajstić information content (AvgIpc) is 2.90. The number of fused-ring (bicyclic) bond motifs is 1. The van der Waals surface area contributed by atoms with E-state index in [0.29, 0.717) is 5.92 Å². The first-order chi connectivity index (χ1) is 7.84. The van der Waals surface area contributed by atoms with Crippen molar-refractivity contribution in [2.45, 2.75) is 38.3 Å². The molecule has 16 heavy (non-hydrogen) atoms. The predicted molar refractivity (Wildman–Crippen MR) is 56.8 cm³/mol. The smallest absolute Gasteiger partial charge is 0.135 e. The Morgan fingerprint density at radius 2 is 2.31 bits per heavy atom. The van der Waals surface area contributed by atoms with E-state index < -0.39 is 6.23 Å². The normalized spacial score (nSPS) is 29.3. The van der Waals surface area contributed by atoms with Gasteiger partial charge >= 0.3 is 0 Å². The number of aliphatic hydroxyl groups excluding tert-OH is 1. The Hall–Kier alpha value is -0.940. The zero-order valence-electron chi connectivity index (χ0n) is 9.30. The quantitative estimate of drug-likeness (QED) is 0.801. The van der Waals surface area contributed by atoms with Crippen molar-refractivity contribution in [3.8, 4) is 0 Å². The monoisotopic (exact) mass is 223 g/mol. The van der Waals surface area contributed by atoms with E-state index in [1.165, 1.54) is 0 Å². The van der Waals surface area contributed by atoms with Crippen LogP contribution in [-0.2, 0) is 17.6 Å². The van der Waals surface area contributed by atoms with Gasteiger partial charge in [0, 0.05) is 26.1 Å². The van der Waals surface area contributed by atoms with Crippen LogP contribution >= 0.6 is 0 Å². The van der Waals surface area contributed by atoms with E-state index in [2.05, 4.69) is 10.2 Å². The number of ether oxygens (including phenoxy) is 1. The Morgan fingerprint density at radius 1 is 1.38 bits per heavy atom. The van der Waals surface area contributed by atoms with Crippen LogP contribution in [0.3, 0.4) is 0 Å². The van der Waals surface area contributed by atoms with Crippen molar-refractivity contribution in [2.75, 3.05) is 13.2 Å². The molecule has 0 spiro atoms. The molecule has 5 heteroatoms. The van der Waals surface area contributed by atoms with E-state index in [1.54, 1.807) is 0 Å². The van der Waals surface area contributed by atoms with Crippen molar-refractivity contribution in [3.63, 3.8) is 0 Å². The van der Waals surface area contributed by atoms with Crippen LogP contribution in [0, 0.1) is 5.92 Å². The average molecular weight is 223 g/mol. The number of rotatable bonds is 2. The Morgan fingerprint density at radius 3 is 3.12 bits per heavy atom. The van der Waals surface area contributed by atoms with Gasteiger partial charge in [0.25, 0.3) is 0 Å². The molecule has 0 radical (unpaired) electrons. The molecule has 88 valence electrons. The Balaban J connectivity index is 1.81. The molecule has 1 N–H and O–H groups in total. The summed E-state index contributed by atoms with van der Waals surface area (Å²) >= 11 is 0. The van der Waals surface area contributed by atoms with Crippen molar-refractivity contribution in [1.29, 1.82) is 0 Å². The Bertz CT molecular complexity index is 371. The summed E-state index contributed by atoms with van der Waals surface area (Å²) in [6.45, 7) is 1.67. The van der Waals surface area contributed by atoms with E-state index in [4.69, 9.17) is 4.74 Å². The lowest BCUT2D eigenvalue weighted by atomic mass is 10.0. The maximum Gasteiger partial charge on any atom is 0.135 e. The summed E-state index contributed by atoms with van der Waals surface area (Å²) in [4.78, 5) is 0. The highest BCUT2D eigenvalue weighted by atomic mass is 16.5. The molecule has 3 heterocycles. The van der Waals surface area contributed by atoms with E-state index >= 15 is 0 Å². The maximum absolute atomic E-state index is 9.96. The minimum absolute atomic E-state index is 0.420. The zero-order chi connectivity index (χ0) is 11.0. The molecule has 0 saturated carbocycles. The summed E-state index contributed by atoms with van der Waals surface area (Å²) in [6, 6.07) is 0. The van der Waals surface area contributed by atoms with Crippen molar-refractivity contribution < 1.29 is 9.84 Å². The van der Waals surface area contributed by atoms with E-state index in [1.807, 2.05) is 4.57 Å². The van der Waals surface area contributed by atoms with Crippen LogP contribution in [0.15, 0.2) is 0 Å². The zero-order valence-corrected chi connectivity index (χ0v) is 9.30. The van der Waals surface area contributed by atoms with Gasteiger partial charge in [-0.25, -0.2) is 0 Å². The van der Waals surface area contributed by atoms with Crippen LogP contribution in [-0.4, -0.2) is 33.1 Å². The van der Waals surface area contributed by atoms with Gasteiger partial charge in [-0.05, 0) is 25.2 Å². The van der Waals surface area contributed by atoms with Crippen LogP contribution in [0.4, 0.5) is 0 Å². The van der Waals surface area contributed by atoms with Crippen LogP contribution < -0.4 is 0 Å². The van der Waals surface area contributed by atoms with Crippen molar-refractivity contribution in [1.82, 2.24) is 14.8 Å². The third-order valence-electron chi connectivity index (χ3n) is 3.49. The van der Waals surface area contributed by atoms with Gasteiger partial charge in [-0.3, -0.25) is 4.57 Å². The standard InChI is InChI=1S/C11H17N3O2/c15-11-3-1-2-9-12-13-10(14(9)11)6-8-4-5-16-7-8/h8,11,15H,1-7H2. The summed E-state index contributed by atoms with van der Waals surface area (Å²) in [5.41, 5.74) is 0. The second-order valence-corrected chi connectivity index (χ2v) is 4.71. The Kier molecular flexibility index (Phi) is 2.65. The fraction of sp³-hybridized carbons (Fsp3) is 0.818. The van der Waals surface area contributed by atoms with Gasteiger partial charge in [0.1, 0.15) is 17.9 Å². The Labute approximate surface area is 94.4 Å². The molecule has 0 bridgehead atoms. The molecule has 0 amide bonds. The summed E-state index contributed by atoms with van der Waals surface area (Å²) in [5, 5.41) is 18.3. The molecule has 0 aromatic carbocycles. The number of aromatic nitrogens is 3. The molecular weight excluding hydrogens is 206 g/mol. The van der Waals surface area contributed by atoms with Gasteiger partial charge in [0.2, 0.25) is 0 Å². The fourth-order valence-corrected chi connectivity index (χ4v) is 2.59. The van der Waals surface area contributed by atoms with Gasteiger partial charge in [-0.15, -0.1) is 10.2 Å². The lowest BCUT2D eigenvalue weighted by molar-refractivity contribution is 0.0740. The van der Waals surface area contributed by atoms with Crippen LogP contribution in [0.5, 0.6) is 0 Å². The second kappa shape index (κ2) is 4.14. The number of hydrogen-bond acceptors (Lipinski definition) is 4. The first-order valence-corrected chi connectivity index (χ1v) is 6.03. The van der Waals surface area contributed by atoms with Gasteiger partial charge in [0.05, 0.1) is 0 Å². The largest absolute Gasteiger partial charge is 0.381 e. The molecular formula is C11H17N3O2. The molecule has 2 aliphatic heterocycles. The minimum atomic E-state index is -0.420. The lowest BCUT2D eigenvalue weighted by Gasteiger charge is -2.21. The molecule has 0 aliphatic carbocycles. The second-order valence-electron chi connectivity index (χ2n) is 4.71. The predicted octanol–water partition coefficient (Wildman–Crippen LogP) is 0.684. The highest BCUT2D eigenvalue weighted by Crippen LogP contribution is 2.25. The van der Waals surface area contributed by atoms with Gasteiger partial charge in [0.15, 0.2) is 0 Å². The SMILES string of the molecule is OC1CCCc2nnc(CC3CCOC3)n21. The summed E-state index contributed by atoms with van der Waals surface area (Å²) < 4.78 is 7.28. The van der Waals surface area contributed by atoms with E-state index in [0.717, 1.165) is 57.0 Å². The molecule has 1 aromatic rings. The summed E-state index contributed by atoms with van der Waals surface area (Å²) in [5.74, 6) is 2.41. The highest BCUT2D eigenvalue weighted by molar-refractivity contribution is 5.01. The van der Waals surface area contributed by atoms with Gasteiger partial charge in [-0.2, -0.15) is 0 Å². The molecule has 3 rings (SSSR count). The fourth-order valence-electron chi connectivity index (χ4n) is 2.59. The van der Waals surface area contributed by atoms with Crippen molar-refractivity contribution in [2.24, 2.45) is 5.92 Å². The van der Waals surface area contributed by atoms with Crippen LogP contribution in [0.25, 0.3) is 0 Å². The van der Waals surface area contributed by atoms with Gasteiger partial charge in [-0.1, -0.05) is 0 Å². The molecule has 5 nitrogen and oxygen atoms in total. The molecule has 2 atom stereocenters. The highest BCUT2D eigenvalue weighted by Gasteiger charge is 2.25. The molecule has 2 aliphatic rings. The van der Waals surface area contributed by atoms with Crippen molar-refractivity contribution in [3.05, 3.63) is 11.6 Å². The number of aliphatic hydroxyl groups is 1. The van der Waals surface area contributed by atoms with Crippen LogP contribution in [0.1, 0.15) is 37.1 Å². The molecule has 1 fully saturated rings. The van der Waals surface area contributed by atoms with E-state index in [-0.39, 0.29) is 0 Å². The summed E-state index contributed by atoms with van der Waals surface area (Å²) in [6.07, 6.45) is 4.31. The van der Waals surface area contributed by atoms with Crippen LogP contribution in [0.2, 0.25) is 0 Å². The van der Waals surface area contributed by atoms with Gasteiger partial charge < -0.3 is 9.84 Å². The first-order valence-electron chi connectivity index (χ1n) is 6.03. The maximum atomic E-state index is 9.96. The number of nitrogens with zero attached hydrogens (tertiary/aromatic N) is 3. The first kappa shape index (κ1) is 10.2. The number of hydrogen-bond donors (Lipinski definition) is 1. The lowest BCUT2D eigenvalue weighted by Crippen LogP contribution is -2.21. The molecule has 1 saturated heterocycles. The third kappa shape index (κ3) is 1.74. The topological polar surface area (TPSA) is 60.2 Å².